The van der Waals surface area contributed by atoms with E-state index in [2.05, 4.69) is 35.9 Å². The number of nitrogens with zero attached hydrogens (tertiary/aromatic N) is 2. The number of rotatable bonds is 11. The number of Topliss-reactive ketones (excluding diaryl/α,β-unsaturated/α-hetero) is 1. The third-order valence-electron chi connectivity index (χ3n) is 9.51. The minimum Gasteiger partial charge on any atom is -0.472 e. The smallest absolute Gasteiger partial charge is 0.243 e. The minimum atomic E-state index is -3.56. The number of carbonyl (C=O) groups excluding carboxylic acids is 3. The molecule has 5 atom stereocenters. The van der Waals surface area contributed by atoms with Crippen LogP contribution in [0.3, 0.4) is 0 Å². The fourth-order valence-electron chi connectivity index (χ4n) is 5.92. The first kappa shape index (κ1) is 31.2. The third kappa shape index (κ3) is 6.21. The number of sulfone groups is 1. The number of likely N-dealkylation sites (tertiary alicyclic amines) is 1. The maximum absolute atomic E-state index is 13.9. The second-order valence-electron chi connectivity index (χ2n) is 13.5. The van der Waals surface area contributed by atoms with Gasteiger partial charge in [-0.15, -0.1) is 6.58 Å². The highest BCUT2D eigenvalue weighted by molar-refractivity contribution is 7.93. The summed E-state index contributed by atoms with van der Waals surface area (Å²) in [5, 5.41) is 4.27. The van der Waals surface area contributed by atoms with Crippen molar-refractivity contribution < 1.29 is 27.5 Å². The monoisotopic (exact) mass is 609 g/mol. The largest absolute Gasteiger partial charge is 0.472 e. The Bertz CT molecular complexity index is 1560. The summed E-state index contributed by atoms with van der Waals surface area (Å²) in [7, 11) is -3.56. The van der Waals surface area contributed by atoms with E-state index in [9.17, 15) is 22.8 Å². The third-order valence-corrected chi connectivity index (χ3v) is 11.7. The van der Waals surface area contributed by atoms with E-state index in [1.54, 1.807) is 17.2 Å². The molecule has 0 radical (unpaired) electrons. The molecule has 0 spiro atoms. The van der Waals surface area contributed by atoms with E-state index in [1.807, 2.05) is 39.8 Å². The lowest BCUT2D eigenvalue weighted by atomic mass is 9.81. The van der Waals surface area contributed by atoms with Crippen molar-refractivity contribution in [3.05, 3.63) is 48.7 Å². The average molecular weight is 610 g/mol. The van der Waals surface area contributed by atoms with Crippen molar-refractivity contribution in [2.45, 2.75) is 89.7 Å². The second-order valence-corrected chi connectivity index (χ2v) is 15.8. The van der Waals surface area contributed by atoms with Gasteiger partial charge in [0.2, 0.25) is 17.7 Å². The number of aryl methyl sites for hydroxylation is 1. The molecule has 1 aliphatic heterocycles. The molecule has 9 nitrogen and oxygen atoms in total. The Labute approximate surface area is 254 Å². The molecule has 0 bridgehead atoms. The van der Waals surface area contributed by atoms with Crippen LogP contribution in [0.25, 0.3) is 10.8 Å². The molecule has 2 heterocycles. The Morgan fingerprint density at radius 1 is 1.23 bits per heavy atom. The number of amides is 2. The summed E-state index contributed by atoms with van der Waals surface area (Å²) >= 11 is 0. The predicted octanol–water partition coefficient (Wildman–Crippen LogP) is 4.03. The van der Waals surface area contributed by atoms with Crippen molar-refractivity contribution in [1.82, 2.24) is 15.2 Å². The molecule has 1 aromatic heterocycles. The molecule has 1 saturated heterocycles. The number of hydrogen-bond acceptors (Lipinski definition) is 7. The summed E-state index contributed by atoms with van der Waals surface area (Å²) in [4.78, 5) is 47.2. The zero-order valence-electron chi connectivity index (χ0n) is 25.8. The molecule has 3 fully saturated rings. The van der Waals surface area contributed by atoms with Crippen LogP contribution in [-0.2, 0) is 30.6 Å². The molecular weight excluding hydrogens is 566 g/mol. The molecule has 5 rings (SSSR count). The Balaban J connectivity index is 1.40. The van der Waals surface area contributed by atoms with Gasteiger partial charge in [-0.3, -0.25) is 14.4 Å². The SMILES string of the molecule is C=C[C@@H]1C[C@]1(NC(=O)[C@@H]1C[C@@H](Oc2nccc3ccc(CC)cc23)CN1C(=O)[C@@H](C)C(C)(C)C)C(=O)CS(=O)(=O)C1CC1. The zero-order chi connectivity index (χ0) is 31.3. The lowest BCUT2D eigenvalue weighted by Crippen LogP contribution is -2.55. The van der Waals surface area contributed by atoms with Gasteiger partial charge < -0.3 is 15.0 Å². The van der Waals surface area contributed by atoms with Crippen molar-refractivity contribution in [3.8, 4) is 5.88 Å². The Kier molecular flexibility index (Phi) is 8.22. The van der Waals surface area contributed by atoms with E-state index in [0.29, 0.717) is 25.1 Å². The first-order valence-corrected chi connectivity index (χ1v) is 17.0. The van der Waals surface area contributed by atoms with Crippen molar-refractivity contribution in [3.63, 3.8) is 0 Å². The van der Waals surface area contributed by atoms with E-state index in [1.165, 1.54) is 0 Å². The Morgan fingerprint density at radius 2 is 1.95 bits per heavy atom. The molecule has 0 unspecified atom stereocenters. The van der Waals surface area contributed by atoms with Gasteiger partial charge in [-0.2, -0.15) is 0 Å². The Hall–Kier alpha value is -3.27. The second kappa shape index (κ2) is 11.3. The molecular formula is C33H43N3O6S. The fourth-order valence-corrected chi connectivity index (χ4v) is 7.63. The van der Waals surface area contributed by atoms with Crippen molar-refractivity contribution in [1.29, 1.82) is 0 Å². The zero-order valence-corrected chi connectivity index (χ0v) is 26.6. The van der Waals surface area contributed by atoms with Crippen LogP contribution in [0.1, 0.15) is 65.9 Å². The summed E-state index contributed by atoms with van der Waals surface area (Å²) in [5.41, 5.74) is -0.522. The molecule has 3 aliphatic rings. The number of hydrogen-bond donors (Lipinski definition) is 1. The van der Waals surface area contributed by atoms with E-state index in [-0.39, 0.29) is 36.1 Å². The van der Waals surface area contributed by atoms with Gasteiger partial charge in [-0.1, -0.05) is 52.8 Å². The van der Waals surface area contributed by atoms with Gasteiger partial charge in [0.05, 0.1) is 11.8 Å². The molecule has 10 heteroatoms. The number of aromatic nitrogens is 1. The van der Waals surface area contributed by atoms with Crippen molar-refractivity contribution >= 4 is 38.2 Å². The highest BCUT2D eigenvalue weighted by Crippen LogP contribution is 2.46. The van der Waals surface area contributed by atoms with E-state index < -0.39 is 50.2 Å². The number of carbonyl (C=O) groups is 3. The molecule has 1 aromatic carbocycles. The lowest BCUT2D eigenvalue weighted by molar-refractivity contribution is -0.144. The van der Waals surface area contributed by atoms with Crippen LogP contribution in [0.4, 0.5) is 0 Å². The highest BCUT2D eigenvalue weighted by Gasteiger charge is 2.61. The number of pyridine rings is 1. The fraction of sp³-hybridized carbons (Fsp3) is 0.576. The van der Waals surface area contributed by atoms with E-state index in [0.717, 1.165) is 22.8 Å². The van der Waals surface area contributed by atoms with Gasteiger partial charge in [0.1, 0.15) is 23.4 Å². The molecule has 1 N–H and O–H groups in total. The average Bonchev–Trinajstić information content (AvgIpc) is 3.88. The van der Waals surface area contributed by atoms with Crippen LogP contribution >= 0.6 is 0 Å². The van der Waals surface area contributed by atoms with Crippen LogP contribution in [0, 0.1) is 17.3 Å². The summed E-state index contributed by atoms with van der Waals surface area (Å²) < 4.78 is 31.7. The first-order valence-electron chi connectivity index (χ1n) is 15.2. The maximum atomic E-state index is 13.9. The maximum Gasteiger partial charge on any atom is 0.243 e. The number of ether oxygens (including phenoxy) is 1. The predicted molar refractivity (Wildman–Crippen MR) is 165 cm³/mol. The van der Waals surface area contributed by atoms with E-state index in [4.69, 9.17) is 4.74 Å². The first-order chi connectivity index (χ1) is 20.2. The number of benzene rings is 1. The summed E-state index contributed by atoms with van der Waals surface area (Å²) in [6.45, 7) is 13.8. The van der Waals surface area contributed by atoms with Gasteiger partial charge in [0, 0.05) is 29.8 Å². The quantitative estimate of drug-likeness (QED) is 0.382. The molecule has 232 valence electrons. The molecule has 43 heavy (non-hydrogen) atoms. The topological polar surface area (TPSA) is 123 Å². The molecule has 2 saturated carbocycles. The minimum absolute atomic E-state index is 0.175. The van der Waals surface area contributed by atoms with Gasteiger partial charge in [0.25, 0.3) is 0 Å². The Morgan fingerprint density at radius 3 is 2.56 bits per heavy atom. The van der Waals surface area contributed by atoms with Crippen LogP contribution in [0.15, 0.2) is 43.1 Å². The number of ketones is 1. The highest BCUT2D eigenvalue weighted by atomic mass is 32.2. The summed E-state index contributed by atoms with van der Waals surface area (Å²) in [5.74, 6) is -2.08. The van der Waals surface area contributed by atoms with Gasteiger partial charge in [-0.25, -0.2) is 13.4 Å². The number of fused-ring (bicyclic) bond motifs is 1. The normalized spacial score (nSPS) is 26.2. The summed E-state index contributed by atoms with van der Waals surface area (Å²) in [6.07, 6.45) is 5.26. The van der Waals surface area contributed by atoms with Crippen LogP contribution < -0.4 is 10.1 Å². The van der Waals surface area contributed by atoms with Crippen molar-refractivity contribution in [2.24, 2.45) is 17.3 Å². The van der Waals surface area contributed by atoms with Crippen LogP contribution in [0.5, 0.6) is 5.88 Å². The number of nitrogens with one attached hydrogen (secondary N) is 1. The molecule has 2 aliphatic carbocycles. The summed E-state index contributed by atoms with van der Waals surface area (Å²) in [6, 6.07) is 7.17. The molecule has 2 amide bonds. The van der Waals surface area contributed by atoms with Gasteiger partial charge in [-0.05, 0) is 54.2 Å². The van der Waals surface area contributed by atoms with Crippen LogP contribution in [-0.4, -0.2) is 71.1 Å². The van der Waals surface area contributed by atoms with Gasteiger partial charge in [0.15, 0.2) is 15.6 Å². The lowest BCUT2D eigenvalue weighted by Gasteiger charge is -2.33. The standard InChI is InChI=1S/C33H43N3O6S/c1-7-21-9-10-22-13-14-34-30(26(22)15-21)42-24-16-27(36(18-24)31(39)20(3)32(4,5)6)29(38)35-33(17-23(33)8-2)28(37)19-43(40,41)25-11-12-25/h8-10,13-15,20,23-25,27H,2,7,11-12,16-19H2,1,3-6H3,(H,35,38)/t20-,23-,24-,27+,33-/m1/s1. The van der Waals surface area contributed by atoms with Crippen LogP contribution in [0.2, 0.25) is 0 Å². The van der Waals surface area contributed by atoms with Crippen molar-refractivity contribution in [2.75, 3.05) is 12.3 Å². The van der Waals surface area contributed by atoms with Gasteiger partial charge >= 0.3 is 0 Å². The molecule has 2 aromatic rings. The van der Waals surface area contributed by atoms with E-state index >= 15 is 0 Å².